The van der Waals surface area contributed by atoms with Crippen LogP contribution in [0.1, 0.15) is 24.5 Å². The Morgan fingerprint density at radius 2 is 2.38 bits per heavy atom. The Kier molecular flexibility index (Phi) is 2.36. The standard InChI is InChI=1S/C12H16N4/c1-2-4-16-5-3-10-9(8-16)6-13-12-11(10)7-14-15-12/h6-7H,2-5,8H2,1H3,(H,13,14,15). The molecule has 0 aromatic carbocycles. The SMILES string of the molecule is CCCN1CCc2c(cnc3[nH]ncc23)C1. The minimum atomic E-state index is 0.919. The van der Waals surface area contributed by atoms with Crippen LogP contribution in [0.3, 0.4) is 0 Å². The number of hydrogen-bond acceptors (Lipinski definition) is 3. The first-order chi connectivity index (χ1) is 7.88. The zero-order valence-corrected chi connectivity index (χ0v) is 9.53. The van der Waals surface area contributed by atoms with Gasteiger partial charge in [0.15, 0.2) is 5.65 Å². The Hall–Kier alpha value is -1.42. The second kappa shape index (κ2) is 3.87. The van der Waals surface area contributed by atoms with Crippen molar-refractivity contribution in [2.24, 2.45) is 0 Å². The lowest BCUT2D eigenvalue weighted by Crippen LogP contribution is -2.31. The third-order valence-electron chi connectivity index (χ3n) is 3.29. The first-order valence-corrected chi connectivity index (χ1v) is 5.90. The fourth-order valence-corrected chi connectivity index (χ4v) is 2.52. The van der Waals surface area contributed by atoms with E-state index in [2.05, 4.69) is 27.0 Å². The predicted molar refractivity (Wildman–Crippen MR) is 63.2 cm³/mol. The van der Waals surface area contributed by atoms with Gasteiger partial charge in [-0.2, -0.15) is 5.10 Å². The van der Waals surface area contributed by atoms with E-state index in [1.165, 1.54) is 29.5 Å². The summed E-state index contributed by atoms with van der Waals surface area (Å²) in [6, 6.07) is 0. The van der Waals surface area contributed by atoms with Crippen molar-refractivity contribution in [3.05, 3.63) is 23.5 Å². The topological polar surface area (TPSA) is 44.8 Å². The van der Waals surface area contributed by atoms with Crippen LogP contribution in [0.2, 0.25) is 0 Å². The van der Waals surface area contributed by atoms with Crippen LogP contribution in [0.4, 0.5) is 0 Å². The molecule has 3 heterocycles. The third kappa shape index (κ3) is 1.50. The molecule has 0 bridgehead atoms. The molecule has 1 aliphatic rings. The van der Waals surface area contributed by atoms with E-state index in [0.29, 0.717) is 0 Å². The van der Waals surface area contributed by atoms with E-state index in [0.717, 1.165) is 25.2 Å². The number of nitrogens with one attached hydrogen (secondary N) is 1. The van der Waals surface area contributed by atoms with Gasteiger partial charge in [0, 0.05) is 24.7 Å². The maximum absolute atomic E-state index is 4.40. The Bertz CT molecular complexity index is 503. The molecule has 0 saturated heterocycles. The van der Waals surface area contributed by atoms with Crippen LogP contribution < -0.4 is 0 Å². The molecule has 0 atom stereocenters. The number of fused-ring (bicyclic) bond motifs is 3. The molecule has 4 nitrogen and oxygen atoms in total. The van der Waals surface area contributed by atoms with Gasteiger partial charge in [-0.1, -0.05) is 6.92 Å². The molecule has 84 valence electrons. The van der Waals surface area contributed by atoms with E-state index in [4.69, 9.17) is 0 Å². The Morgan fingerprint density at radius 1 is 1.44 bits per heavy atom. The van der Waals surface area contributed by atoms with Crippen LogP contribution in [0.15, 0.2) is 12.4 Å². The zero-order chi connectivity index (χ0) is 11.0. The lowest BCUT2D eigenvalue weighted by Gasteiger charge is -2.28. The van der Waals surface area contributed by atoms with Crippen LogP contribution in [0.5, 0.6) is 0 Å². The fraction of sp³-hybridized carbons (Fsp3) is 0.500. The van der Waals surface area contributed by atoms with Crippen molar-refractivity contribution in [2.45, 2.75) is 26.3 Å². The molecule has 0 radical (unpaired) electrons. The second-order valence-corrected chi connectivity index (χ2v) is 4.42. The largest absolute Gasteiger partial charge is 0.299 e. The molecule has 1 aliphatic heterocycles. The highest BCUT2D eigenvalue weighted by Gasteiger charge is 2.18. The van der Waals surface area contributed by atoms with Gasteiger partial charge in [-0.25, -0.2) is 4.98 Å². The first kappa shape index (κ1) is 9.78. The van der Waals surface area contributed by atoms with Gasteiger partial charge in [-0.15, -0.1) is 0 Å². The van der Waals surface area contributed by atoms with E-state index in [1.807, 2.05) is 12.4 Å². The number of rotatable bonds is 2. The lowest BCUT2D eigenvalue weighted by atomic mass is 9.99. The molecular formula is C12H16N4. The molecule has 0 spiro atoms. The molecule has 2 aromatic rings. The Morgan fingerprint density at radius 3 is 3.25 bits per heavy atom. The maximum atomic E-state index is 4.40. The van der Waals surface area contributed by atoms with Crippen molar-refractivity contribution < 1.29 is 0 Å². The highest BCUT2D eigenvalue weighted by atomic mass is 15.1. The summed E-state index contributed by atoms with van der Waals surface area (Å²) >= 11 is 0. The van der Waals surface area contributed by atoms with Gasteiger partial charge in [0.2, 0.25) is 0 Å². The summed E-state index contributed by atoms with van der Waals surface area (Å²) in [5, 5.41) is 8.20. The molecule has 0 fully saturated rings. The van der Waals surface area contributed by atoms with E-state index in [-0.39, 0.29) is 0 Å². The summed E-state index contributed by atoms with van der Waals surface area (Å²) in [4.78, 5) is 6.90. The predicted octanol–water partition coefficient (Wildman–Crippen LogP) is 1.73. The van der Waals surface area contributed by atoms with E-state index < -0.39 is 0 Å². The molecule has 4 heteroatoms. The van der Waals surface area contributed by atoms with Gasteiger partial charge >= 0.3 is 0 Å². The number of aromatic amines is 1. The summed E-state index contributed by atoms with van der Waals surface area (Å²) in [5.74, 6) is 0. The summed E-state index contributed by atoms with van der Waals surface area (Å²) in [6.07, 6.45) is 6.24. The van der Waals surface area contributed by atoms with Crippen LogP contribution in [0, 0.1) is 0 Å². The first-order valence-electron chi connectivity index (χ1n) is 5.90. The highest BCUT2D eigenvalue weighted by molar-refractivity contribution is 5.79. The van der Waals surface area contributed by atoms with Gasteiger partial charge in [-0.05, 0) is 30.5 Å². The smallest absolute Gasteiger partial charge is 0.155 e. The van der Waals surface area contributed by atoms with Crippen molar-refractivity contribution >= 4 is 11.0 Å². The van der Waals surface area contributed by atoms with Gasteiger partial charge < -0.3 is 0 Å². The van der Waals surface area contributed by atoms with Crippen LogP contribution >= 0.6 is 0 Å². The van der Waals surface area contributed by atoms with Gasteiger partial charge in [0.05, 0.1) is 6.20 Å². The molecule has 0 saturated carbocycles. The Balaban J connectivity index is 1.99. The molecule has 0 amide bonds. The fourth-order valence-electron chi connectivity index (χ4n) is 2.52. The number of hydrogen-bond donors (Lipinski definition) is 1. The van der Waals surface area contributed by atoms with E-state index in [1.54, 1.807) is 0 Å². The Labute approximate surface area is 94.7 Å². The average Bonchev–Trinajstić information content (AvgIpc) is 2.77. The van der Waals surface area contributed by atoms with Gasteiger partial charge in [0.1, 0.15) is 0 Å². The molecule has 3 rings (SSSR count). The summed E-state index contributed by atoms with van der Waals surface area (Å²) in [6.45, 7) is 5.61. The van der Waals surface area contributed by atoms with Crippen molar-refractivity contribution in [3.63, 3.8) is 0 Å². The number of nitrogens with zero attached hydrogens (tertiary/aromatic N) is 3. The molecule has 2 aromatic heterocycles. The normalized spacial score (nSPS) is 16.6. The molecular weight excluding hydrogens is 200 g/mol. The maximum Gasteiger partial charge on any atom is 0.155 e. The molecule has 0 unspecified atom stereocenters. The molecule has 0 aliphatic carbocycles. The van der Waals surface area contributed by atoms with Crippen molar-refractivity contribution in [2.75, 3.05) is 13.1 Å². The highest BCUT2D eigenvalue weighted by Crippen LogP contribution is 2.24. The quantitative estimate of drug-likeness (QED) is 0.831. The van der Waals surface area contributed by atoms with Gasteiger partial charge in [-0.3, -0.25) is 10.00 Å². The van der Waals surface area contributed by atoms with E-state index >= 15 is 0 Å². The summed E-state index contributed by atoms with van der Waals surface area (Å²) in [5.41, 5.74) is 3.72. The minimum Gasteiger partial charge on any atom is -0.299 e. The minimum absolute atomic E-state index is 0.919. The van der Waals surface area contributed by atoms with Crippen LogP contribution in [-0.4, -0.2) is 33.2 Å². The van der Waals surface area contributed by atoms with Crippen LogP contribution in [0.25, 0.3) is 11.0 Å². The average molecular weight is 216 g/mol. The monoisotopic (exact) mass is 216 g/mol. The number of pyridine rings is 1. The van der Waals surface area contributed by atoms with Crippen molar-refractivity contribution in [1.29, 1.82) is 0 Å². The molecule has 16 heavy (non-hydrogen) atoms. The van der Waals surface area contributed by atoms with Crippen molar-refractivity contribution in [3.8, 4) is 0 Å². The van der Waals surface area contributed by atoms with Crippen molar-refractivity contribution in [1.82, 2.24) is 20.1 Å². The third-order valence-corrected chi connectivity index (χ3v) is 3.29. The second-order valence-electron chi connectivity index (χ2n) is 4.42. The summed E-state index contributed by atoms with van der Waals surface area (Å²) in [7, 11) is 0. The van der Waals surface area contributed by atoms with E-state index in [9.17, 15) is 0 Å². The summed E-state index contributed by atoms with van der Waals surface area (Å²) < 4.78 is 0. The number of aromatic nitrogens is 3. The number of H-pyrrole nitrogens is 1. The lowest BCUT2D eigenvalue weighted by molar-refractivity contribution is 0.255. The van der Waals surface area contributed by atoms with Crippen LogP contribution in [-0.2, 0) is 13.0 Å². The zero-order valence-electron chi connectivity index (χ0n) is 9.53. The van der Waals surface area contributed by atoms with Gasteiger partial charge in [0.25, 0.3) is 0 Å². The molecule has 1 N–H and O–H groups in total.